The summed E-state index contributed by atoms with van der Waals surface area (Å²) >= 11 is 0. The fraction of sp³-hybridized carbons (Fsp3) is 0.167. The zero-order valence-corrected chi connectivity index (χ0v) is 22.7. The number of benzene rings is 3. The maximum atomic E-state index is 11.7. The molecular weight excluding hydrogens is 538 g/mol. The molecule has 0 atom stereocenters. The van der Waals surface area contributed by atoms with Gasteiger partial charge in [-0.1, -0.05) is 66.7 Å². The van der Waals surface area contributed by atoms with Crippen molar-refractivity contribution in [2.45, 2.75) is 19.9 Å². The Morgan fingerprint density at radius 2 is 0.950 bits per heavy atom. The molecule has 0 aliphatic rings. The fourth-order valence-corrected chi connectivity index (χ4v) is 4.08. The van der Waals surface area contributed by atoms with Crippen LogP contribution < -0.4 is 23.2 Å². The Hall–Kier alpha value is -4.12. The van der Waals surface area contributed by atoms with E-state index in [0.717, 1.165) is 33.6 Å². The van der Waals surface area contributed by atoms with Crippen LogP contribution in [0.1, 0.15) is 19.9 Å². The Balaban J connectivity index is 0.000000810. The van der Waals surface area contributed by atoms with Crippen LogP contribution in [0.4, 0.5) is 0 Å². The third-order valence-electron chi connectivity index (χ3n) is 5.67. The van der Waals surface area contributed by atoms with Gasteiger partial charge >= 0.3 is 11.9 Å². The molecule has 0 aliphatic carbocycles. The molecular formula is C30H28ClNO8. The van der Waals surface area contributed by atoms with Crippen LogP contribution in [0.3, 0.4) is 0 Å². The number of nitrogens with zero attached hydrogens (tertiary/aromatic N) is 1. The van der Waals surface area contributed by atoms with Crippen LogP contribution in [-0.4, -0.2) is 25.2 Å². The Morgan fingerprint density at radius 1 is 0.625 bits per heavy atom. The highest BCUT2D eigenvalue weighted by Gasteiger charge is 2.32. The molecule has 0 aliphatic heterocycles. The summed E-state index contributed by atoms with van der Waals surface area (Å²) in [5.74, 6) is -0.774. The minimum Gasteiger partial charge on any atom is -0.459 e. The van der Waals surface area contributed by atoms with Crippen molar-refractivity contribution in [3.05, 3.63) is 103 Å². The van der Waals surface area contributed by atoms with Crippen molar-refractivity contribution in [2.24, 2.45) is 0 Å². The molecule has 40 heavy (non-hydrogen) atoms. The van der Waals surface area contributed by atoms with Crippen LogP contribution in [0.15, 0.2) is 103 Å². The molecule has 208 valence electrons. The monoisotopic (exact) mass is 565 g/mol. The van der Waals surface area contributed by atoms with Crippen LogP contribution in [0.25, 0.3) is 33.6 Å². The van der Waals surface area contributed by atoms with E-state index in [1.54, 1.807) is 0 Å². The smallest absolute Gasteiger partial charge is 0.302 e. The summed E-state index contributed by atoms with van der Waals surface area (Å²) in [6.45, 7) is 2.89. The molecule has 9 nitrogen and oxygen atoms in total. The second kappa shape index (κ2) is 14.3. The first kappa shape index (κ1) is 30.4. The molecule has 0 amide bonds. The van der Waals surface area contributed by atoms with Crippen molar-refractivity contribution in [2.75, 3.05) is 13.2 Å². The first-order valence-electron chi connectivity index (χ1n) is 12.2. The molecule has 10 heteroatoms. The van der Waals surface area contributed by atoms with E-state index >= 15 is 0 Å². The number of pyridine rings is 1. The van der Waals surface area contributed by atoms with E-state index in [0.29, 0.717) is 0 Å². The molecule has 0 bridgehead atoms. The number of halogens is 1. The summed E-state index contributed by atoms with van der Waals surface area (Å²) in [7, 11) is -4.94. The molecule has 0 spiro atoms. The topological polar surface area (TPSA) is 149 Å². The van der Waals surface area contributed by atoms with Crippen molar-refractivity contribution in [3.8, 4) is 33.6 Å². The molecule has 4 rings (SSSR count). The normalized spacial score (nSPS) is 10.9. The molecule has 0 saturated heterocycles. The van der Waals surface area contributed by atoms with Gasteiger partial charge in [-0.2, -0.15) is 4.57 Å². The first-order valence-corrected chi connectivity index (χ1v) is 13.4. The van der Waals surface area contributed by atoms with Gasteiger partial charge in [-0.15, -0.1) is 10.2 Å². The molecule has 3 aromatic carbocycles. The van der Waals surface area contributed by atoms with Crippen LogP contribution in [0.2, 0.25) is 0 Å². The van der Waals surface area contributed by atoms with Crippen molar-refractivity contribution >= 4 is 11.9 Å². The van der Waals surface area contributed by atoms with Gasteiger partial charge < -0.3 is 9.47 Å². The Kier molecular flexibility index (Phi) is 10.9. The van der Waals surface area contributed by atoms with Gasteiger partial charge in [-0.25, -0.2) is 18.6 Å². The lowest BCUT2D eigenvalue weighted by Gasteiger charge is -2.19. The number of carbonyl (C=O) groups is 2. The summed E-state index contributed by atoms with van der Waals surface area (Å²) < 4.78 is 47.0. The van der Waals surface area contributed by atoms with Gasteiger partial charge in [0.25, 0.3) is 0 Å². The van der Waals surface area contributed by atoms with Crippen molar-refractivity contribution in [3.63, 3.8) is 0 Å². The van der Waals surface area contributed by atoms with Crippen LogP contribution in [0, 0.1) is 10.2 Å². The van der Waals surface area contributed by atoms with Crippen molar-refractivity contribution in [1.29, 1.82) is 0 Å². The van der Waals surface area contributed by atoms with E-state index in [-0.39, 0.29) is 25.2 Å². The van der Waals surface area contributed by atoms with E-state index < -0.39 is 16.3 Å². The Labute approximate surface area is 234 Å². The van der Waals surface area contributed by atoms with Gasteiger partial charge in [0.1, 0.15) is 0 Å². The van der Waals surface area contributed by atoms with E-state index in [1.807, 2.05) is 78.9 Å². The average Bonchev–Trinajstić information content (AvgIpc) is 2.93. The van der Waals surface area contributed by atoms with Gasteiger partial charge in [0.05, 0.1) is 0 Å². The molecule has 0 N–H and O–H groups in total. The number of aromatic nitrogens is 1. The van der Waals surface area contributed by atoms with Crippen molar-refractivity contribution < 1.29 is 52.5 Å². The largest absolute Gasteiger partial charge is 0.459 e. The maximum absolute atomic E-state index is 11.7. The van der Waals surface area contributed by atoms with Gasteiger partial charge in [0.2, 0.25) is 17.4 Å². The maximum Gasteiger partial charge on any atom is 0.302 e. The van der Waals surface area contributed by atoms with Gasteiger partial charge in [-0.3, -0.25) is 9.59 Å². The van der Waals surface area contributed by atoms with Crippen LogP contribution in [0.5, 0.6) is 0 Å². The minimum atomic E-state index is -4.94. The number of rotatable bonds is 8. The lowest BCUT2D eigenvalue weighted by Crippen LogP contribution is -2.68. The fourth-order valence-electron chi connectivity index (χ4n) is 4.08. The second-order valence-electron chi connectivity index (χ2n) is 8.62. The summed E-state index contributed by atoms with van der Waals surface area (Å²) in [6, 6.07) is 34.1. The lowest BCUT2D eigenvalue weighted by atomic mass is 9.98. The molecule has 4 aromatic rings. The zero-order valence-electron chi connectivity index (χ0n) is 21.9. The van der Waals surface area contributed by atoms with Gasteiger partial charge in [0.15, 0.2) is 13.2 Å². The highest BCUT2D eigenvalue weighted by Crippen LogP contribution is 2.30. The standard InChI is InChI=1S/C30H28NO4.ClHO4/c1-22(32)34-20-28(21-35-23(2)33)31-29(25-14-8-4-9-15-25)18-27(24-12-6-3-7-13-24)19-30(31)26-16-10-5-11-17-26;2-1(3,4)5/h3-19,28H,20-21H2,1-2H3;(H,2,3,4,5)/q+1;/p-1. The number of carbonyl (C=O) groups excluding carboxylic acids is 2. The van der Waals surface area contributed by atoms with Gasteiger partial charge in [0, 0.05) is 37.1 Å². The van der Waals surface area contributed by atoms with Crippen molar-refractivity contribution in [1.82, 2.24) is 0 Å². The molecule has 0 fully saturated rings. The summed E-state index contributed by atoms with van der Waals surface area (Å²) in [5, 5.41) is 0. The third kappa shape index (κ3) is 9.57. The van der Waals surface area contributed by atoms with Gasteiger partial charge in [-0.05, 0) is 35.4 Å². The predicted octanol–water partition coefficient (Wildman–Crippen LogP) is 0.886. The van der Waals surface area contributed by atoms with E-state index in [1.165, 1.54) is 13.8 Å². The summed E-state index contributed by atoms with van der Waals surface area (Å²) in [6.07, 6.45) is 0. The summed E-state index contributed by atoms with van der Waals surface area (Å²) in [5.41, 5.74) is 5.99. The Morgan fingerprint density at radius 3 is 1.27 bits per heavy atom. The molecule has 0 unspecified atom stereocenters. The van der Waals surface area contributed by atoms with E-state index in [9.17, 15) is 9.59 Å². The number of hydrogen-bond donors (Lipinski definition) is 0. The Bertz CT molecular complexity index is 1310. The zero-order chi connectivity index (χ0) is 29.1. The number of esters is 2. The summed E-state index contributed by atoms with van der Waals surface area (Å²) in [4.78, 5) is 23.5. The van der Waals surface area contributed by atoms with Crippen LogP contribution in [-0.2, 0) is 19.1 Å². The molecule has 0 saturated carbocycles. The molecule has 1 heterocycles. The van der Waals surface area contributed by atoms with E-state index in [2.05, 4.69) is 28.8 Å². The highest BCUT2D eigenvalue weighted by molar-refractivity contribution is 5.73. The number of ether oxygens (including phenoxy) is 2. The minimum absolute atomic E-state index is 0.0671. The van der Waals surface area contributed by atoms with E-state index in [4.69, 9.17) is 28.1 Å². The molecule has 0 radical (unpaired) electrons. The number of hydrogen-bond acceptors (Lipinski definition) is 8. The third-order valence-corrected chi connectivity index (χ3v) is 5.67. The average molecular weight is 566 g/mol. The molecule has 1 aromatic heterocycles. The second-order valence-corrected chi connectivity index (χ2v) is 9.38. The first-order chi connectivity index (χ1) is 19.0. The lowest BCUT2D eigenvalue weighted by molar-refractivity contribution is -2.00. The highest BCUT2D eigenvalue weighted by atomic mass is 35.7. The predicted molar refractivity (Wildman–Crippen MR) is 135 cm³/mol. The quantitative estimate of drug-likeness (QED) is 0.226. The SMILES string of the molecule is CC(=O)OCC(COC(C)=O)[n+]1c(-c2ccccc2)cc(-c2ccccc2)cc1-c1ccccc1.[O-][Cl+3]([O-])([O-])[O-]. The van der Waals surface area contributed by atoms with Crippen LogP contribution >= 0.6 is 0 Å².